The number of aryl methyl sites for hydroxylation is 1. The zero-order valence-electron chi connectivity index (χ0n) is 17.4. The van der Waals surface area contributed by atoms with Crippen molar-refractivity contribution in [2.75, 3.05) is 17.7 Å². The van der Waals surface area contributed by atoms with Crippen LogP contribution in [0.5, 0.6) is 5.75 Å². The van der Waals surface area contributed by atoms with Gasteiger partial charge in [-0.1, -0.05) is 11.6 Å². The number of nitriles is 1. The summed E-state index contributed by atoms with van der Waals surface area (Å²) in [6.45, 7) is 4.30. The molecule has 2 heterocycles. The number of nitrogen functional groups attached to an aromatic ring is 1. The summed E-state index contributed by atoms with van der Waals surface area (Å²) >= 11 is 7.91. The Morgan fingerprint density at radius 3 is 2.78 bits per heavy atom. The largest absolute Gasteiger partial charge is 0.492 e. The van der Waals surface area contributed by atoms with E-state index in [-0.39, 0.29) is 0 Å². The summed E-state index contributed by atoms with van der Waals surface area (Å²) in [4.78, 5) is 13.9. The first-order chi connectivity index (χ1) is 15.5. The van der Waals surface area contributed by atoms with Gasteiger partial charge in [-0.15, -0.1) is 0 Å². The number of hydrogen-bond donors (Lipinski definition) is 2. The van der Waals surface area contributed by atoms with E-state index >= 15 is 0 Å². The number of rotatable bonds is 6. The third kappa shape index (κ3) is 4.54. The van der Waals surface area contributed by atoms with Crippen molar-refractivity contribution in [1.29, 1.82) is 5.26 Å². The Bertz CT molecular complexity index is 1350. The van der Waals surface area contributed by atoms with Crippen LogP contribution in [0.1, 0.15) is 18.2 Å². The van der Waals surface area contributed by atoms with Crippen LogP contribution in [0.25, 0.3) is 10.9 Å². The first-order valence-corrected chi connectivity index (χ1v) is 11.0. The highest BCUT2D eigenvalue weighted by molar-refractivity contribution is 7.99. The molecule has 2 aromatic heterocycles. The number of halogens is 1. The van der Waals surface area contributed by atoms with Gasteiger partial charge in [-0.3, -0.25) is 4.98 Å². The molecule has 0 aliphatic rings. The van der Waals surface area contributed by atoms with Crippen LogP contribution in [0.15, 0.2) is 58.8 Å². The minimum Gasteiger partial charge on any atom is -0.492 e. The molecule has 0 unspecified atom stereocenters. The second-order valence-electron chi connectivity index (χ2n) is 6.85. The van der Waals surface area contributed by atoms with Crippen molar-refractivity contribution < 1.29 is 4.74 Å². The quantitative estimate of drug-likeness (QED) is 0.276. The average molecular weight is 463 g/mol. The summed E-state index contributed by atoms with van der Waals surface area (Å²) < 4.78 is 5.56. The third-order valence-corrected chi connectivity index (χ3v) is 5.97. The van der Waals surface area contributed by atoms with E-state index in [0.717, 1.165) is 16.3 Å². The highest BCUT2D eigenvalue weighted by Crippen LogP contribution is 2.37. The standard InChI is InChI=1S/C23H19ClN6OS/c1-3-31-20-10-19-16(9-18(20)26)22(14(11-25)12-28-19)30-15-4-5-21(17(24)8-15)32-23-27-7-6-13(2)29-23/h4-10,12H,3,26H2,1-2H3,(H,28,30). The average Bonchev–Trinajstić information content (AvgIpc) is 2.77. The number of nitrogens with two attached hydrogens (primary N) is 1. The van der Waals surface area contributed by atoms with E-state index in [4.69, 9.17) is 22.1 Å². The van der Waals surface area contributed by atoms with Crippen LogP contribution in [0, 0.1) is 18.3 Å². The van der Waals surface area contributed by atoms with Crippen molar-refractivity contribution in [3.05, 3.63) is 65.1 Å². The number of aromatic nitrogens is 3. The maximum Gasteiger partial charge on any atom is 0.192 e. The molecule has 0 atom stereocenters. The highest BCUT2D eigenvalue weighted by atomic mass is 35.5. The Labute approximate surface area is 194 Å². The molecule has 0 fully saturated rings. The van der Waals surface area contributed by atoms with Crippen LogP contribution in [-0.2, 0) is 0 Å². The Morgan fingerprint density at radius 2 is 2.06 bits per heavy atom. The van der Waals surface area contributed by atoms with Gasteiger partial charge in [-0.25, -0.2) is 9.97 Å². The van der Waals surface area contributed by atoms with E-state index in [0.29, 0.717) is 50.4 Å². The van der Waals surface area contributed by atoms with E-state index in [1.807, 2.05) is 32.0 Å². The van der Waals surface area contributed by atoms with Gasteiger partial charge in [0, 0.05) is 40.1 Å². The maximum absolute atomic E-state index is 9.62. The monoisotopic (exact) mass is 462 g/mol. The molecule has 3 N–H and O–H groups in total. The number of anilines is 3. The Hall–Kier alpha value is -3.54. The number of benzene rings is 2. The number of hydrogen-bond acceptors (Lipinski definition) is 8. The van der Waals surface area contributed by atoms with E-state index in [2.05, 4.69) is 26.3 Å². The van der Waals surface area contributed by atoms with Crippen LogP contribution in [0.4, 0.5) is 17.1 Å². The molecule has 0 saturated heterocycles. The van der Waals surface area contributed by atoms with Gasteiger partial charge < -0.3 is 15.8 Å². The van der Waals surface area contributed by atoms with Gasteiger partial charge in [0.2, 0.25) is 0 Å². The zero-order valence-corrected chi connectivity index (χ0v) is 19.0. The van der Waals surface area contributed by atoms with Gasteiger partial charge in [-0.05, 0) is 55.9 Å². The first kappa shape index (κ1) is 21.7. The minimum absolute atomic E-state index is 0.392. The second kappa shape index (κ2) is 9.30. The molecule has 4 aromatic rings. The van der Waals surface area contributed by atoms with E-state index in [1.165, 1.54) is 18.0 Å². The molecular weight excluding hydrogens is 444 g/mol. The molecule has 7 nitrogen and oxygen atoms in total. The lowest BCUT2D eigenvalue weighted by Gasteiger charge is -2.14. The predicted octanol–water partition coefficient (Wildman–Crippen LogP) is 5.73. The maximum atomic E-state index is 9.62. The molecule has 0 bridgehead atoms. The fraction of sp³-hybridized carbons (Fsp3) is 0.130. The van der Waals surface area contributed by atoms with Gasteiger partial charge in [0.05, 0.1) is 34.1 Å². The molecule has 160 valence electrons. The van der Waals surface area contributed by atoms with Crippen molar-refractivity contribution in [3.63, 3.8) is 0 Å². The summed E-state index contributed by atoms with van der Waals surface area (Å²) in [5, 5.41) is 14.8. The molecule has 2 aromatic carbocycles. The molecule has 0 amide bonds. The Morgan fingerprint density at radius 1 is 1.22 bits per heavy atom. The lowest BCUT2D eigenvalue weighted by Crippen LogP contribution is -2.00. The van der Waals surface area contributed by atoms with Crippen molar-refractivity contribution in [2.45, 2.75) is 23.9 Å². The summed E-state index contributed by atoms with van der Waals surface area (Å²) in [5.74, 6) is 0.561. The fourth-order valence-corrected chi connectivity index (χ4v) is 4.20. The van der Waals surface area contributed by atoms with Crippen LogP contribution in [0.3, 0.4) is 0 Å². The van der Waals surface area contributed by atoms with Gasteiger partial charge in [-0.2, -0.15) is 5.26 Å². The number of pyridine rings is 1. The number of fused-ring (bicyclic) bond motifs is 1. The van der Waals surface area contributed by atoms with Crippen LogP contribution in [0.2, 0.25) is 5.02 Å². The Kier molecular flexibility index (Phi) is 6.30. The van der Waals surface area contributed by atoms with Crippen LogP contribution in [-0.4, -0.2) is 21.6 Å². The lowest BCUT2D eigenvalue weighted by atomic mass is 10.1. The predicted molar refractivity (Wildman–Crippen MR) is 128 cm³/mol. The lowest BCUT2D eigenvalue weighted by molar-refractivity contribution is 0.342. The zero-order chi connectivity index (χ0) is 22.7. The highest BCUT2D eigenvalue weighted by Gasteiger charge is 2.14. The third-order valence-electron chi connectivity index (χ3n) is 4.59. The smallest absolute Gasteiger partial charge is 0.192 e. The summed E-state index contributed by atoms with van der Waals surface area (Å²) in [7, 11) is 0. The van der Waals surface area contributed by atoms with Crippen LogP contribution >= 0.6 is 23.4 Å². The SMILES string of the molecule is CCOc1cc2ncc(C#N)c(Nc3ccc(Sc4nccc(C)n4)c(Cl)c3)c2cc1N. The van der Waals surface area contributed by atoms with Crippen molar-refractivity contribution in [2.24, 2.45) is 0 Å². The number of nitrogens with one attached hydrogen (secondary N) is 1. The molecule has 0 radical (unpaired) electrons. The second-order valence-corrected chi connectivity index (χ2v) is 8.27. The van der Waals surface area contributed by atoms with Gasteiger partial charge in [0.15, 0.2) is 5.16 Å². The summed E-state index contributed by atoms with van der Waals surface area (Å²) in [5.41, 5.74) is 9.90. The molecule has 0 spiro atoms. The van der Waals surface area contributed by atoms with E-state index in [9.17, 15) is 5.26 Å². The summed E-state index contributed by atoms with van der Waals surface area (Å²) in [6.07, 6.45) is 3.24. The van der Waals surface area contributed by atoms with Crippen molar-refractivity contribution >= 4 is 51.3 Å². The van der Waals surface area contributed by atoms with Gasteiger partial charge >= 0.3 is 0 Å². The normalized spacial score (nSPS) is 10.7. The van der Waals surface area contributed by atoms with Gasteiger partial charge in [0.25, 0.3) is 0 Å². The molecule has 32 heavy (non-hydrogen) atoms. The first-order valence-electron chi connectivity index (χ1n) is 9.77. The summed E-state index contributed by atoms with van der Waals surface area (Å²) in [6, 6.07) is 13.1. The van der Waals surface area contributed by atoms with E-state index < -0.39 is 0 Å². The Balaban J connectivity index is 1.69. The minimum atomic E-state index is 0.392. The van der Waals surface area contributed by atoms with E-state index in [1.54, 1.807) is 24.4 Å². The molecule has 0 saturated carbocycles. The number of ether oxygens (including phenoxy) is 1. The van der Waals surface area contributed by atoms with Crippen molar-refractivity contribution in [3.8, 4) is 11.8 Å². The molecule has 0 aliphatic heterocycles. The molecular formula is C23H19ClN6OS. The van der Waals surface area contributed by atoms with Crippen LogP contribution < -0.4 is 15.8 Å². The molecule has 4 rings (SSSR count). The number of nitrogens with zero attached hydrogens (tertiary/aromatic N) is 4. The molecule has 9 heteroatoms. The van der Waals surface area contributed by atoms with Crippen molar-refractivity contribution in [1.82, 2.24) is 15.0 Å². The molecule has 0 aliphatic carbocycles. The van der Waals surface area contributed by atoms with Gasteiger partial charge in [0.1, 0.15) is 11.8 Å². The fourth-order valence-electron chi connectivity index (χ4n) is 3.12. The topological polar surface area (TPSA) is 110 Å².